The van der Waals surface area contributed by atoms with Crippen molar-refractivity contribution in [3.05, 3.63) is 48.0 Å². The molecule has 7 nitrogen and oxygen atoms in total. The predicted octanol–water partition coefficient (Wildman–Crippen LogP) is 3.69. The highest BCUT2D eigenvalue weighted by atomic mass is 16.5. The second kappa shape index (κ2) is 8.60. The summed E-state index contributed by atoms with van der Waals surface area (Å²) in [4.78, 5) is 16.5. The van der Waals surface area contributed by atoms with Crippen LogP contribution < -0.4 is 10.1 Å². The Balaban J connectivity index is 1.44. The molecule has 1 amide bonds. The molecule has 0 aliphatic heterocycles. The lowest BCUT2D eigenvalue weighted by atomic mass is 9.74. The van der Waals surface area contributed by atoms with Crippen LogP contribution in [0.5, 0.6) is 5.75 Å². The first-order chi connectivity index (χ1) is 16.1. The van der Waals surface area contributed by atoms with Crippen molar-refractivity contribution in [2.75, 3.05) is 6.61 Å². The largest absolute Gasteiger partial charge is 0.492 e. The number of carbonyl (C=O) groups excluding carboxylic acids is 1. The van der Waals surface area contributed by atoms with Crippen LogP contribution >= 0.6 is 0 Å². The Kier molecular flexibility index (Phi) is 5.48. The zero-order valence-electron chi connectivity index (χ0n) is 18.5. The van der Waals surface area contributed by atoms with Crippen molar-refractivity contribution in [1.29, 1.82) is 5.26 Å². The monoisotopic (exact) mass is 439 g/mol. The van der Waals surface area contributed by atoms with Crippen molar-refractivity contribution >= 4 is 11.4 Å². The summed E-state index contributed by atoms with van der Waals surface area (Å²) < 4.78 is 7.41. The van der Waals surface area contributed by atoms with E-state index in [1.807, 2.05) is 19.2 Å². The Bertz CT molecular complexity index is 1270. The minimum atomic E-state index is -0.322. The molecule has 7 heteroatoms. The number of nitrogens with one attached hydrogen (secondary N) is 1. The average molecular weight is 440 g/mol. The van der Waals surface area contributed by atoms with E-state index in [0.29, 0.717) is 35.7 Å². The fourth-order valence-electron chi connectivity index (χ4n) is 5.76. The SMILES string of the molecule is C#CC(=O)NC1CC2CCC(C1)C2c1ccc(-c2cc(OCC)cn3ncc(C#N)c23)cn1. The molecule has 33 heavy (non-hydrogen) atoms. The van der Waals surface area contributed by atoms with Crippen LogP contribution in [-0.4, -0.2) is 33.2 Å². The molecule has 0 radical (unpaired) electrons. The summed E-state index contributed by atoms with van der Waals surface area (Å²) in [6, 6.07) is 8.52. The zero-order chi connectivity index (χ0) is 22.9. The molecule has 1 N–H and O–H groups in total. The molecular formula is C26H25N5O2. The Hall–Kier alpha value is -3.84. The average Bonchev–Trinajstić information content (AvgIpc) is 3.36. The Morgan fingerprint density at radius 3 is 2.73 bits per heavy atom. The third-order valence-electron chi connectivity index (χ3n) is 7.02. The standard InChI is InChI=1S/C26H25N5O2/c1-3-24(32)30-20-9-16-5-6-17(10-20)25(16)23-8-7-18(13-28-23)22-11-21(33-4-2)15-31-26(22)19(12-27)14-29-31/h1,7-8,11,13-17,20,25H,4-6,9-10H2,2H3,(H,30,32). The van der Waals surface area contributed by atoms with E-state index in [4.69, 9.17) is 16.1 Å². The van der Waals surface area contributed by atoms with Gasteiger partial charge in [-0.1, -0.05) is 6.07 Å². The van der Waals surface area contributed by atoms with E-state index in [9.17, 15) is 10.1 Å². The first-order valence-corrected chi connectivity index (χ1v) is 11.4. The maximum Gasteiger partial charge on any atom is 0.295 e. The number of carbonyl (C=O) groups is 1. The lowest BCUT2D eigenvalue weighted by molar-refractivity contribution is -0.116. The molecule has 3 aromatic rings. The smallest absolute Gasteiger partial charge is 0.295 e. The summed E-state index contributed by atoms with van der Waals surface area (Å²) in [5.41, 5.74) is 4.16. The number of amides is 1. The molecule has 2 fully saturated rings. The maximum atomic E-state index is 11.6. The number of terminal acetylenes is 1. The van der Waals surface area contributed by atoms with E-state index in [1.165, 1.54) is 0 Å². The quantitative estimate of drug-likeness (QED) is 0.612. The minimum absolute atomic E-state index is 0.155. The number of aromatic nitrogens is 3. The molecule has 2 atom stereocenters. The van der Waals surface area contributed by atoms with Crippen LogP contribution in [-0.2, 0) is 4.79 Å². The molecule has 0 aromatic carbocycles. The molecule has 2 bridgehead atoms. The molecule has 2 unspecified atom stereocenters. The van der Waals surface area contributed by atoms with Gasteiger partial charge in [-0.25, -0.2) is 4.52 Å². The molecule has 3 heterocycles. The van der Waals surface area contributed by atoms with Crippen LogP contribution in [0, 0.1) is 35.5 Å². The van der Waals surface area contributed by atoms with E-state index in [-0.39, 0.29) is 11.9 Å². The van der Waals surface area contributed by atoms with Gasteiger partial charge in [0.1, 0.15) is 11.8 Å². The highest BCUT2D eigenvalue weighted by Crippen LogP contribution is 2.51. The molecule has 3 aromatic heterocycles. The molecule has 5 rings (SSSR count). The summed E-state index contributed by atoms with van der Waals surface area (Å²) in [6.45, 7) is 2.48. The summed E-state index contributed by atoms with van der Waals surface area (Å²) >= 11 is 0. The number of pyridine rings is 2. The van der Waals surface area contributed by atoms with Crippen LogP contribution in [0.4, 0.5) is 0 Å². The van der Waals surface area contributed by atoms with Gasteiger partial charge in [0.2, 0.25) is 0 Å². The van der Waals surface area contributed by atoms with Crippen LogP contribution in [0.15, 0.2) is 36.8 Å². The van der Waals surface area contributed by atoms with Gasteiger partial charge in [-0.05, 0) is 62.5 Å². The molecule has 2 aliphatic rings. The van der Waals surface area contributed by atoms with Gasteiger partial charge in [-0.15, -0.1) is 6.42 Å². The summed E-state index contributed by atoms with van der Waals surface area (Å²) in [5.74, 6) is 3.93. The first-order valence-electron chi connectivity index (χ1n) is 11.4. The van der Waals surface area contributed by atoms with Crippen molar-refractivity contribution < 1.29 is 9.53 Å². The second-order valence-electron chi connectivity index (χ2n) is 8.87. The summed E-state index contributed by atoms with van der Waals surface area (Å²) in [6.07, 6.45) is 14.7. The highest BCUT2D eigenvalue weighted by Gasteiger charge is 2.44. The van der Waals surface area contributed by atoms with E-state index in [0.717, 1.165) is 48.0 Å². The molecule has 2 aliphatic carbocycles. The number of hydrogen-bond donors (Lipinski definition) is 1. The fraction of sp³-hybridized carbons (Fsp3) is 0.385. The number of nitriles is 1. The molecule has 0 spiro atoms. The maximum absolute atomic E-state index is 11.6. The van der Waals surface area contributed by atoms with Crippen molar-refractivity contribution in [3.8, 4) is 35.3 Å². The van der Waals surface area contributed by atoms with Crippen LogP contribution in [0.2, 0.25) is 0 Å². The van der Waals surface area contributed by atoms with Gasteiger partial charge in [0, 0.05) is 35.0 Å². The van der Waals surface area contributed by atoms with E-state index in [2.05, 4.69) is 34.5 Å². The van der Waals surface area contributed by atoms with E-state index in [1.54, 1.807) is 16.9 Å². The van der Waals surface area contributed by atoms with Gasteiger partial charge >= 0.3 is 0 Å². The number of hydrogen-bond acceptors (Lipinski definition) is 5. The predicted molar refractivity (Wildman–Crippen MR) is 123 cm³/mol. The minimum Gasteiger partial charge on any atom is -0.492 e. The lowest BCUT2D eigenvalue weighted by Crippen LogP contribution is -2.40. The normalized spacial score (nSPS) is 23.6. The Morgan fingerprint density at radius 2 is 2.09 bits per heavy atom. The van der Waals surface area contributed by atoms with Gasteiger partial charge in [0.05, 0.1) is 30.1 Å². The third-order valence-corrected chi connectivity index (χ3v) is 7.02. The van der Waals surface area contributed by atoms with Gasteiger partial charge in [0.25, 0.3) is 5.91 Å². The summed E-state index contributed by atoms with van der Waals surface area (Å²) in [5, 5.41) is 16.8. The van der Waals surface area contributed by atoms with Gasteiger partial charge in [0.15, 0.2) is 0 Å². The summed E-state index contributed by atoms with van der Waals surface area (Å²) in [7, 11) is 0. The van der Waals surface area contributed by atoms with Crippen LogP contribution in [0.3, 0.4) is 0 Å². The number of ether oxygens (including phenoxy) is 1. The van der Waals surface area contributed by atoms with Crippen molar-refractivity contribution in [1.82, 2.24) is 19.9 Å². The zero-order valence-corrected chi connectivity index (χ0v) is 18.5. The number of rotatable bonds is 5. The number of nitrogens with zero attached hydrogens (tertiary/aromatic N) is 4. The Morgan fingerprint density at radius 1 is 1.30 bits per heavy atom. The van der Waals surface area contributed by atoms with Gasteiger partial charge in [-0.2, -0.15) is 10.4 Å². The fourth-order valence-corrected chi connectivity index (χ4v) is 5.76. The highest BCUT2D eigenvalue weighted by molar-refractivity contribution is 5.93. The van der Waals surface area contributed by atoms with Crippen LogP contribution in [0.1, 0.15) is 49.8 Å². The third kappa shape index (κ3) is 3.81. The van der Waals surface area contributed by atoms with E-state index < -0.39 is 0 Å². The lowest BCUT2D eigenvalue weighted by Gasteiger charge is -2.35. The second-order valence-corrected chi connectivity index (χ2v) is 8.87. The van der Waals surface area contributed by atoms with Gasteiger partial charge < -0.3 is 10.1 Å². The molecule has 0 saturated heterocycles. The van der Waals surface area contributed by atoms with Crippen molar-refractivity contribution in [3.63, 3.8) is 0 Å². The number of fused-ring (bicyclic) bond motifs is 3. The van der Waals surface area contributed by atoms with Gasteiger partial charge in [-0.3, -0.25) is 9.78 Å². The first kappa shape index (κ1) is 21.0. The van der Waals surface area contributed by atoms with E-state index >= 15 is 0 Å². The Labute approximate surface area is 192 Å². The molecule has 2 saturated carbocycles. The van der Waals surface area contributed by atoms with Crippen molar-refractivity contribution in [2.24, 2.45) is 11.8 Å². The van der Waals surface area contributed by atoms with Crippen LogP contribution in [0.25, 0.3) is 16.6 Å². The topological polar surface area (TPSA) is 92.3 Å². The molecule has 166 valence electrons. The molecular weight excluding hydrogens is 414 g/mol. The van der Waals surface area contributed by atoms with Crippen molar-refractivity contribution in [2.45, 2.75) is 44.6 Å².